The molecule has 0 saturated heterocycles. The largest absolute Gasteiger partial charge is 0.349 e. The average Bonchev–Trinajstić information content (AvgIpc) is 3.30. The van der Waals surface area contributed by atoms with Gasteiger partial charge in [-0.3, -0.25) is 19.2 Å². The number of nitrogens with zero attached hydrogens (tertiary/aromatic N) is 3. The van der Waals surface area contributed by atoms with Crippen LogP contribution in [0.2, 0.25) is 5.02 Å². The SMILES string of the molecule is Cc1cc(NC(=O)C(=O)N[C@H]2CC[C@H](C(=O)N(C)C)C[C@H]2NC(=O)c2nc3c(s2)CN(C)CC3)ccc1Cl. The normalized spacial score (nSPS) is 21.2. The van der Waals surface area contributed by atoms with Crippen molar-refractivity contribution in [2.75, 3.05) is 33.0 Å². The Kier molecular flexibility index (Phi) is 8.69. The van der Waals surface area contributed by atoms with Crippen LogP contribution in [0.1, 0.15) is 45.2 Å². The highest BCUT2D eigenvalue weighted by molar-refractivity contribution is 7.13. The van der Waals surface area contributed by atoms with Crippen LogP contribution >= 0.6 is 22.9 Å². The van der Waals surface area contributed by atoms with Crippen molar-refractivity contribution in [2.45, 2.75) is 51.2 Å². The number of thiazole rings is 1. The third-order valence-corrected chi connectivity index (χ3v) is 8.52. The highest BCUT2D eigenvalue weighted by atomic mass is 35.5. The fourth-order valence-corrected chi connectivity index (χ4v) is 6.10. The number of likely N-dealkylation sites (N-methyl/N-ethyl adjacent to an activating group) is 1. The predicted octanol–water partition coefficient (Wildman–Crippen LogP) is 2.20. The number of nitrogens with one attached hydrogen (secondary N) is 3. The second-order valence-corrected chi connectivity index (χ2v) is 11.7. The molecule has 2 aromatic rings. The summed E-state index contributed by atoms with van der Waals surface area (Å²) < 4.78 is 0. The summed E-state index contributed by atoms with van der Waals surface area (Å²) in [6, 6.07) is 3.89. The Morgan fingerprint density at radius 3 is 2.58 bits per heavy atom. The number of carbonyl (C=O) groups excluding carboxylic acids is 4. The molecular formula is C26H33ClN6O4S. The van der Waals surface area contributed by atoms with Crippen LogP contribution in [0.15, 0.2) is 18.2 Å². The number of carbonyl (C=O) groups is 4. The van der Waals surface area contributed by atoms with Gasteiger partial charge in [0.15, 0.2) is 5.01 Å². The fraction of sp³-hybridized carbons (Fsp3) is 0.500. The monoisotopic (exact) mass is 560 g/mol. The molecule has 3 N–H and O–H groups in total. The van der Waals surface area contributed by atoms with Crippen molar-refractivity contribution in [2.24, 2.45) is 5.92 Å². The third kappa shape index (κ3) is 6.51. The number of hydrogen-bond acceptors (Lipinski definition) is 7. The highest BCUT2D eigenvalue weighted by Crippen LogP contribution is 2.28. The van der Waals surface area contributed by atoms with Crippen molar-refractivity contribution < 1.29 is 19.2 Å². The number of hydrogen-bond donors (Lipinski definition) is 3. The van der Waals surface area contributed by atoms with E-state index in [0.717, 1.165) is 35.6 Å². The van der Waals surface area contributed by atoms with E-state index in [0.29, 0.717) is 35.0 Å². The molecule has 4 rings (SSSR count). The molecule has 4 amide bonds. The Balaban J connectivity index is 1.46. The van der Waals surface area contributed by atoms with E-state index in [9.17, 15) is 19.2 Å². The Hall–Kier alpha value is -3.02. The molecule has 1 aromatic carbocycles. The molecule has 1 aliphatic heterocycles. The maximum Gasteiger partial charge on any atom is 0.313 e. The Bertz CT molecular complexity index is 1250. The first-order valence-corrected chi connectivity index (χ1v) is 13.8. The molecule has 1 aromatic heterocycles. The van der Waals surface area contributed by atoms with Crippen molar-refractivity contribution >= 4 is 52.3 Å². The molecule has 2 heterocycles. The van der Waals surface area contributed by atoms with Gasteiger partial charge in [-0.2, -0.15) is 0 Å². The molecule has 3 atom stereocenters. The first-order chi connectivity index (χ1) is 18.0. The van der Waals surface area contributed by atoms with Crippen LogP contribution in [0.5, 0.6) is 0 Å². The summed E-state index contributed by atoms with van der Waals surface area (Å²) >= 11 is 7.41. The van der Waals surface area contributed by atoms with Crippen molar-refractivity contribution in [3.05, 3.63) is 44.4 Å². The second-order valence-electron chi connectivity index (χ2n) is 10.2. The van der Waals surface area contributed by atoms with Crippen molar-refractivity contribution in [1.82, 2.24) is 25.4 Å². The number of amides is 4. The minimum absolute atomic E-state index is 0.0300. The van der Waals surface area contributed by atoms with E-state index >= 15 is 0 Å². The maximum atomic E-state index is 13.2. The number of fused-ring (bicyclic) bond motifs is 1. The lowest BCUT2D eigenvalue weighted by Crippen LogP contribution is -2.57. The van der Waals surface area contributed by atoms with Gasteiger partial charge in [0.2, 0.25) is 5.91 Å². The zero-order chi connectivity index (χ0) is 27.6. The summed E-state index contributed by atoms with van der Waals surface area (Å²) in [6.07, 6.45) is 2.11. The van der Waals surface area contributed by atoms with Gasteiger partial charge in [-0.1, -0.05) is 11.6 Å². The van der Waals surface area contributed by atoms with Gasteiger partial charge in [0, 0.05) is 61.2 Å². The molecular weight excluding hydrogens is 528 g/mol. The van der Waals surface area contributed by atoms with Gasteiger partial charge >= 0.3 is 11.8 Å². The van der Waals surface area contributed by atoms with Crippen LogP contribution in [-0.4, -0.2) is 78.2 Å². The van der Waals surface area contributed by atoms with Crippen LogP contribution in [0.25, 0.3) is 0 Å². The molecule has 0 bridgehead atoms. The summed E-state index contributed by atoms with van der Waals surface area (Å²) in [7, 11) is 5.43. The molecule has 1 fully saturated rings. The van der Waals surface area contributed by atoms with Gasteiger partial charge < -0.3 is 25.8 Å². The van der Waals surface area contributed by atoms with Crippen LogP contribution in [-0.2, 0) is 27.3 Å². The van der Waals surface area contributed by atoms with E-state index in [1.165, 1.54) is 16.2 Å². The Morgan fingerprint density at radius 1 is 1.11 bits per heavy atom. The number of benzene rings is 1. The zero-order valence-electron chi connectivity index (χ0n) is 22.0. The minimum Gasteiger partial charge on any atom is -0.349 e. The van der Waals surface area contributed by atoms with Gasteiger partial charge in [-0.05, 0) is 57.0 Å². The number of halogens is 1. The quantitative estimate of drug-likeness (QED) is 0.482. The van der Waals surface area contributed by atoms with Crippen LogP contribution in [0.4, 0.5) is 5.69 Å². The van der Waals surface area contributed by atoms with Crippen molar-refractivity contribution in [3.8, 4) is 0 Å². The van der Waals surface area contributed by atoms with E-state index in [2.05, 4.69) is 25.8 Å². The van der Waals surface area contributed by atoms with Crippen molar-refractivity contribution in [1.29, 1.82) is 0 Å². The molecule has 1 aliphatic carbocycles. The van der Waals surface area contributed by atoms with Gasteiger partial charge in [0.1, 0.15) is 0 Å². The molecule has 38 heavy (non-hydrogen) atoms. The molecule has 12 heteroatoms. The Morgan fingerprint density at radius 2 is 1.87 bits per heavy atom. The molecule has 1 saturated carbocycles. The first kappa shape index (κ1) is 28.0. The van der Waals surface area contributed by atoms with Crippen LogP contribution in [0, 0.1) is 12.8 Å². The number of aryl methyl sites for hydroxylation is 1. The fourth-order valence-electron chi connectivity index (χ4n) is 4.89. The maximum absolute atomic E-state index is 13.2. The average molecular weight is 561 g/mol. The highest BCUT2D eigenvalue weighted by Gasteiger charge is 2.37. The summed E-state index contributed by atoms with van der Waals surface area (Å²) in [6.45, 7) is 3.44. The number of anilines is 1. The lowest BCUT2D eigenvalue weighted by Gasteiger charge is -2.37. The molecule has 2 aliphatic rings. The molecule has 0 radical (unpaired) electrons. The summed E-state index contributed by atoms with van der Waals surface area (Å²) in [5, 5.41) is 9.29. The van der Waals surface area contributed by atoms with E-state index < -0.39 is 23.9 Å². The minimum atomic E-state index is -0.819. The molecule has 204 valence electrons. The Labute approximate surface area is 231 Å². The van der Waals surface area contributed by atoms with Crippen LogP contribution < -0.4 is 16.0 Å². The smallest absolute Gasteiger partial charge is 0.313 e. The zero-order valence-corrected chi connectivity index (χ0v) is 23.5. The molecule has 0 spiro atoms. The van der Waals surface area contributed by atoms with Gasteiger partial charge in [0.05, 0.1) is 11.7 Å². The lowest BCUT2D eigenvalue weighted by atomic mass is 9.81. The van der Waals surface area contributed by atoms with E-state index in [4.69, 9.17) is 11.6 Å². The van der Waals surface area contributed by atoms with Crippen molar-refractivity contribution in [3.63, 3.8) is 0 Å². The van der Waals surface area contributed by atoms with E-state index in [1.54, 1.807) is 39.2 Å². The lowest BCUT2D eigenvalue weighted by molar-refractivity contribution is -0.137. The number of aromatic nitrogens is 1. The van der Waals surface area contributed by atoms with Gasteiger partial charge in [-0.15, -0.1) is 11.3 Å². The second kappa shape index (κ2) is 11.8. The van der Waals surface area contributed by atoms with Crippen LogP contribution in [0.3, 0.4) is 0 Å². The van der Waals surface area contributed by atoms with Gasteiger partial charge in [-0.25, -0.2) is 4.98 Å². The third-order valence-electron chi connectivity index (χ3n) is 7.01. The first-order valence-electron chi connectivity index (χ1n) is 12.6. The summed E-state index contributed by atoms with van der Waals surface area (Å²) in [5.41, 5.74) is 2.17. The summed E-state index contributed by atoms with van der Waals surface area (Å²) in [5.74, 6) is -2.30. The molecule has 0 unspecified atom stereocenters. The van der Waals surface area contributed by atoms with E-state index in [-0.39, 0.29) is 17.7 Å². The van der Waals surface area contributed by atoms with E-state index in [1.807, 2.05) is 7.05 Å². The topological polar surface area (TPSA) is 124 Å². The van der Waals surface area contributed by atoms with Gasteiger partial charge in [0.25, 0.3) is 5.91 Å². The predicted molar refractivity (Wildman–Crippen MR) is 146 cm³/mol. The standard InChI is InChI=1S/C26H33ClN6O4S/c1-14-11-16(6-7-17(14)27)28-22(34)23(35)29-18-8-5-15(26(37)32(2)3)12-20(18)30-24(36)25-31-19-9-10-33(4)13-21(19)38-25/h6-7,11,15,18,20H,5,8-10,12-13H2,1-4H3,(H,28,34)(H,29,35)(H,30,36)/t15-,18-,20+/m0/s1. The molecule has 10 nitrogen and oxygen atoms in total. The summed E-state index contributed by atoms with van der Waals surface area (Å²) in [4.78, 5) is 60.7. The number of rotatable bonds is 5.